The summed E-state index contributed by atoms with van der Waals surface area (Å²) in [4.78, 5) is 50.2. The number of halogens is 1. The molecule has 3 rings (SSSR count). The average Bonchev–Trinajstić information content (AvgIpc) is 2.77. The molecule has 2 heterocycles. The Morgan fingerprint density at radius 2 is 2.00 bits per heavy atom. The summed E-state index contributed by atoms with van der Waals surface area (Å²) in [6.45, 7) is 3.77. The molecule has 0 spiro atoms. The third kappa shape index (κ3) is 5.27. The average molecular weight is 588 g/mol. The molecular weight excluding hydrogens is 563 g/mol. The molecule has 0 radical (unpaired) electrons. The summed E-state index contributed by atoms with van der Waals surface area (Å²) in [6.07, 6.45) is -0.958. The van der Waals surface area contributed by atoms with Crippen molar-refractivity contribution in [2.45, 2.75) is 43.0 Å². The quantitative estimate of drug-likeness (QED) is 0.244. The second-order valence-corrected chi connectivity index (χ2v) is 10.3. The van der Waals surface area contributed by atoms with Crippen LogP contribution < -0.4 is 16.8 Å². The standard InChI is InChI=1S/C21H25IN4O6S/c1-9(2)11-6-10(4-5-13(11)22)7-14(27)25-17-12(8-32-21(24)30)16(20(29)31-3)26-18(28)15(23)19(26)33-17/h4-6,9,15,17,19H,7-8,23H2,1-3H3,(H2,24,30)(H,25,27)/t15?,17?,19-/m1/s1. The van der Waals surface area contributed by atoms with Gasteiger partial charge in [0.2, 0.25) is 11.8 Å². The van der Waals surface area contributed by atoms with Crippen LogP contribution in [0.25, 0.3) is 0 Å². The van der Waals surface area contributed by atoms with E-state index >= 15 is 0 Å². The van der Waals surface area contributed by atoms with Crippen LogP contribution in [0.15, 0.2) is 29.5 Å². The lowest BCUT2D eigenvalue weighted by Gasteiger charge is -2.50. The first-order chi connectivity index (χ1) is 15.5. The number of nitrogens with two attached hydrogens (primary N) is 2. The first-order valence-corrected chi connectivity index (χ1v) is 12.1. The van der Waals surface area contributed by atoms with Gasteiger partial charge < -0.3 is 26.3 Å². The van der Waals surface area contributed by atoms with Gasteiger partial charge in [0.15, 0.2) is 0 Å². The number of amides is 3. The molecule has 12 heteroatoms. The molecular formula is C21H25IN4O6S. The zero-order valence-corrected chi connectivity index (χ0v) is 21.3. The zero-order chi connectivity index (χ0) is 24.4. The molecule has 10 nitrogen and oxygen atoms in total. The molecule has 1 aromatic rings. The second kappa shape index (κ2) is 10.3. The number of fused-ring (bicyclic) bond motifs is 1. The van der Waals surface area contributed by atoms with Gasteiger partial charge >= 0.3 is 12.1 Å². The van der Waals surface area contributed by atoms with Crippen molar-refractivity contribution in [3.05, 3.63) is 44.2 Å². The Hall–Kier alpha value is -2.32. The van der Waals surface area contributed by atoms with Crippen molar-refractivity contribution in [2.75, 3.05) is 13.7 Å². The number of methoxy groups -OCH3 is 1. The summed E-state index contributed by atoms with van der Waals surface area (Å²) in [5.74, 6) is -1.27. The van der Waals surface area contributed by atoms with E-state index in [1.807, 2.05) is 18.2 Å². The van der Waals surface area contributed by atoms with E-state index in [4.69, 9.17) is 20.9 Å². The monoisotopic (exact) mass is 588 g/mol. The van der Waals surface area contributed by atoms with E-state index in [1.165, 1.54) is 23.8 Å². The number of primary amides is 1. The zero-order valence-electron chi connectivity index (χ0n) is 18.3. The van der Waals surface area contributed by atoms with Crippen molar-refractivity contribution < 1.29 is 28.7 Å². The number of thioether (sulfide) groups is 1. The molecule has 0 saturated carbocycles. The molecule has 2 unspecified atom stereocenters. The Kier molecular flexibility index (Phi) is 7.90. The van der Waals surface area contributed by atoms with E-state index in [0.29, 0.717) is 5.92 Å². The molecule has 2 aliphatic rings. The number of hydrogen-bond acceptors (Lipinski definition) is 8. The second-order valence-electron chi connectivity index (χ2n) is 7.87. The molecule has 1 saturated heterocycles. The summed E-state index contributed by atoms with van der Waals surface area (Å²) >= 11 is 3.45. The Balaban J connectivity index is 1.88. The van der Waals surface area contributed by atoms with Crippen LogP contribution in [0.4, 0.5) is 4.79 Å². The highest BCUT2D eigenvalue weighted by molar-refractivity contribution is 14.1. The van der Waals surface area contributed by atoms with Crippen molar-refractivity contribution in [3.8, 4) is 0 Å². The summed E-state index contributed by atoms with van der Waals surface area (Å²) in [5, 5.41) is 1.52. The Labute approximate surface area is 208 Å². The first-order valence-electron chi connectivity index (χ1n) is 10.1. The fourth-order valence-electron chi connectivity index (χ4n) is 3.64. The molecule has 0 aromatic heterocycles. The normalized spacial score (nSPS) is 21.9. The number of nitrogens with zero attached hydrogens (tertiary/aromatic N) is 1. The minimum Gasteiger partial charge on any atom is -0.464 e. The van der Waals surface area contributed by atoms with Gasteiger partial charge in [0, 0.05) is 9.14 Å². The predicted molar refractivity (Wildman–Crippen MR) is 130 cm³/mol. The lowest BCUT2D eigenvalue weighted by molar-refractivity contribution is -0.149. The van der Waals surface area contributed by atoms with Crippen LogP contribution in [-0.2, 0) is 30.3 Å². The van der Waals surface area contributed by atoms with Crippen molar-refractivity contribution in [1.29, 1.82) is 0 Å². The Morgan fingerprint density at radius 3 is 2.61 bits per heavy atom. The van der Waals surface area contributed by atoms with Gasteiger partial charge in [-0.25, -0.2) is 9.59 Å². The smallest absolute Gasteiger partial charge is 0.404 e. The minimum atomic E-state index is -1.06. The van der Waals surface area contributed by atoms with Crippen LogP contribution in [0.3, 0.4) is 0 Å². The largest absolute Gasteiger partial charge is 0.464 e. The maximum absolute atomic E-state index is 12.9. The van der Waals surface area contributed by atoms with Gasteiger partial charge in [-0.05, 0) is 45.7 Å². The fraction of sp³-hybridized carbons (Fsp3) is 0.429. The van der Waals surface area contributed by atoms with Crippen LogP contribution in [0, 0.1) is 3.57 Å². The highest BCUT2D eigenvalue weighted by Crippen LogP contribution is 2.43. The van der Waals surface area contributed by atoms with E-state index < -0.39 is 41.4 Å². The molecule has 3 amide bonds. The summed E-state index contributed by atoms with van der Waals surface area (Å²) in [5.41, 5.74) is 13.1. The van der Waals surface area contributed by atoms with Gasteiger partial charge in [-0.1, -0.05) is 26.0 Å². The molecule has 3 atom stereocenters. The highest BCUT2D eigenvalue weighted by atomic mass is 127. The van der Waals surface area contributed by atoms with Crippen molar-refractivity contribution in [3.63, 3.8) is 0 Å². The Bertz CT molecular complexity index is 1030. The summed E-state index contributed by atoms with van der Waals surface area (Å²) in [7, 11) is 1.17. The summed E-state index contributed by atoms with van der Waals surface area (Å²) in [6, 6.07) is 5.01. The maximum Gasteiger partial charge on any atom is 0.404 e. The summed E-state index contributed by atoms with van der Waals surface area (Å²) < 4.78 is 10.9. The van der Waals surface area contributed by atoms with Crippen molar-refractivity contribution in [1.82, 2.24) is 10.2 Å². The molecule has 0 aliphatic carbocycles. The predicted octanol–water partition coefficient (Wildman–Crippen LogP) is 1.16. The third-order valence-corrected chi connectivity index (χ3v) is 7.75. The van der Waals surface area contributed by atoms with Gasteiger partial charge in [0.1, 0.15) is 29.1 Å². The first kappa shape index (κ1) is 25.3. The molecule has 33 heavy (non-hydrogen) atoms. The lowest BCUT2D eigenvalue weighted by Crippen LogP contribution is -2.70. The lowest BCUT2D eigenvalue weighted by atomic mass is 9.99. The van der Waals surface area contributed by atoms with E-state index in [9.17, 15) is 19.2 Å². The van der Waals surface area contributed by atoms with Gasteiger partial charge in [0.05, 0.1) is 13.5 Å². The third-order valence-electron chi connectivity index (χ3n) is 5.31. The SMILES string of the molecule is COC(=O)C1=C(COC(N)=O)C(NC(=O)Cc2ccc(I)c(C(C)C)c2)S[C@@H]2C(N)C(=O)N12. The van der Waals surface area contributed by atoms with Crippen molar-refractivity contribution >= 4 is 58.2 Å². The number of carbonyl (C=O) groups excluding carboxylic acids is 4. The Morgan fingerprint density at radius 1 is 1.30 bits per heavy atom. The molecule has 5 N–H and O–H groups in total. The van der Waals surface area contributed by atoms with E-state index in [2.05, 4.69) is 41.8 Å². The van der Waals surface area contributed by atoms with E-state index in [0.717, 1.165) is 14.7 Å². The van der Waals surface area contributed by atoms with Crippen LogP contribution in [0.5, 0.6) is 0 Å². The van der Waals surface area contributed by atoms with E-state index in [-0.39, 0.29) is 23.6 Å². The number of carbonyl (C=O) groups is 4. The molecule has 0 bridgehead atoms. The number of ether oxygens (including phenoxy) is 2. The number of nitrogens with one attached hydrogen (secondary N) is 1. The molecule has 2 aliphatic heterocycles. The van der Waals surface area contributed by atoms with E-state index in [1.54, 1.807) is 0 Å². The highest BCUT2D eigenvalue weighted by Gasteiger charge is 2.54. The number of esters is 1. The minimum absolute atomic E-state index is 0.101. The molecule has 1 fully saturated rings. The van der Waals surface area contributed by atoms with Crippen molar-refractivity contribution in [2.24, 2.45) is 11.5 Å². The van der Waals surface area contributed by atoms with Gasteiger partial charge in [-0.15, -0.1) is 11.8 Å². The van der Waals surface area contributed by atoms with Crippen LogP contribution in [0.1, 0.15) is 30.9 Å². The fourth-order valence-corrected chi connectivity index (χ4v) is 6.04. The number of hydrogen-bond donors (Lipinski definition) is 3. The topological polar surface area (TPSA) is 154 Å². The van der Waals surface area contributed by atoms with Crippen LogP contribution in [0.2, 0.25) is 0 Å². The number of benzene rings is 1. The number of rotatable bonds is 7. The molecule has 178 valence electrons. The molecule has 1 aromatic carbocycles. The van der Waals surface area contributed by atoms with Gasteiger partial charge in [-0.2, -0.15) is 0 Å². The van der Waals surface area contributed by atoms with Crippen LogP contribution >= 0.6 is 34.4 Å². The van der Waals surface area contributed by atoms with Gasteiger partial charge in [0.25, 0.3) is 0 Å². The van der Waals surface area contributed by atoms with Crippen LogP contribution in [-0.4, -0.2) is 59.3 Å². The number of β-lactam (4-membered cyclic amide) rings is 1. The maximum atomic E-state index is 12.9. The van der Waals surface area contributed by atoms with Gasteiger partial charge in [-0.3, -0.25) is 14.5 Å².